The minimum atomic E-state index is -0.195. The molecule has 1 N–H and O–H groups in total. The maximum absolute atomic E-state index is 13.3. The van der Waals surface area contributed by atoms with Gasteiger partial charge in [-0.25, -0.2) is 0 Å². The SMILES string of the molecule is CCN(CC(=O)N1c2ccccc2NC(=O)CC1C)c1ccc(C)cc1C. The molecular formula is C22H27N3O2. The smallest absolute Gasteiger partial charge is 0.246 e. The van der Waals surface area contributed by atoms with Gasteiger partial charge in [-0.3, -0.25) is 9.59 Å². The quantitative estimate of drug-likeness (QED) is 0.894. The average Bonchev–Trinajstić information content (AvgIpc) is 2.74. The van der Waals surface area contributed by atoms with Gasteiger partial charge in [0, 0.05) is 24.7 Å². The second kappa shape index (κ2) is 7.82. The zero-order valence-electron chi connectivity index (χ0n) is 16.5. The van der Waals surface area contributed by atoms with Crippen LogP contribution in [0.5, 0.6) is 0 Å². The van der Waals surface area contributed by atoms with Crippen LogP contribution in [0.25, 0.3) is 0 Å². The van der Waals surface area contributed by atoms with Gasteiger partial charge in [0.15, 0.2) is 0 Å². The van der Waals surface area contributed by atoms with E-state index in [1.54, 1.807) is 4.90 Å². The molecule has 1 aliphatic heterocycles. The molecule has 0 bridgehead atoms. The molecule has 2 aromatic rings. The fraction of sp³-hybridized carbons (Fsp3) is 0.364. The maximum atomic E-state index is 13.3. The van der Waals surface area contributed by atoms with E-state index in [4.69, 9.17) is 0 Å². The molecule has 3 rings (SSSR count). The van der Waals surface area contributed by atoms with Gasteiger partial charge in [0.1, 0.15) is 0 Å². The van der Waals surface area contributed by atoms with E-state index in [9.17, 15) is 9.59 Å². The molecule has 1 aliphatic rings. The molecule has 1 unspecified atom stereocenters. The number of fused-ring (bicyclic) bond motifs is 1. The minimum Gasteiger partial charge on any atom is -0.362 e. The van der Waals surface area contributed by atoms with Crippen molar-refractivity contribution >= 4 is 28.9 Å². The molecular weight excluding hydrogens is 338 g/mol. The van der Waals surface area contributed by atoms with Crippen LogP contribution in [0.4, 0.5) is 17.1 Å². The number of benzene rings is 2. The summed E-state index contributed by atoms with van der Waals surface area (Å²) in [6.45, 7) is 9.12. The van der Waals surface area contributed by atoms with Crippen molar-refractivity contribution in [3.8, 4) is 0 Å². The summed E-state index contributed by atoms with van der Waals surface area (Å²) < 4.78 is 0. The topological polar surface area (TPSA) is 52.7 Å². The number of anilines is 3. The lowest BCUT2D eigenvalue weighted by Crippen LogP contribution is -2.45. The van der Waals surface area contributed by atoms with E-state index in [1.165, 1.54) is 5.56 Å². The summed E-state index contributed by atoms with van der Waals surface area (Å²) in [6, 6.07) is 13.6. The maximum Gasteiger partial charge on any atom is 0.246 e. The van der Waals surface area contributed by atoms with Crippen LogP contribution in [0.2, 0.25) is 0 Å². The monoisotopic (exact) mass is 365 g/mol. The molecule has 5 nitrogen and oxygen atoms in total. The summed E-state index contributed by atoms with van der Waals surface area (Å²) in [5.41, 5.74) is 4.89. The Morgan fingerprint density at radius 3 is 2.67 bits per heavy atom. The number of likely N-dealkylation sites (N-methyl/N-ethyl adjacent to an activating group) is 1. The number of hydrogen-bond donors (Lipinski definition) is 1. The molecule has 1 heterocycles. The lowest BCUT2D eigenvalue weighted by molar-refractivity contribution is -0.118. The normalized spacial score (nSPS) is 16.4. The first-order chi connectivity index (χ1) is 12.9. The summed E-state index contributed by atoms with van der Waals surface area (Å²) in [5, 5.41) is 2.91. The Hall–Kier alpha value is -2.82. The van der Waals surface area contributed by atoms with Gasteiger partial charge in [0.05, 0.1) is 17.9 Å². The number of aryl methyl sites for hydroxylation is 2. The Kier molecular flexibility index (Phi) is 5.49. The van der Waals surface area contributed by atoms with Crippen LogP contribution < -0.4 is 15.1 Å². The van der Waals surface area contributed by atoms with Crippen LogP contribution in [-0.2, 0) is 9.59 Å². The molecule has 0 fully saturated rings. The summed E-state index contributed by atoms with van der Waals surface area (Å²) in [6.07, 6.45) is 0.288. The van der Waals surface area contributed by atoms with Gasteiger partial charge in [-0.05, 0) is 51.5 Å². The van der Waals surface area contributed by atoms with E-state index in [2.05, 4.69) is 49.2 Å². The van der Waals surface area contributed by atoms with E-state index in [0.717, 1.165) is 23.5 Å². The Bertz CT molecular complexity index is 862. The molecule has 1 atom stereocenters. The highest BCUT2D eigenvalue weighted by Gasteiger charge is 2.30. The van der Waals surface area contributed by atoms with Gasteiger partial charge in [0.2, 0.25) is 11.8 Å². The summed E-state index contributed by atoms with van der Waals surface area (Å²) in [5.74, 6) is -0.0692. The Balaban J connectivity index is 1.90. The third-order valence-corrected chi connectivity index (χ3v) is 5.03. The predicted octanol–water partition coefficient (Wildman–Crippen LogP) is 3.89. The molecule has 0 aliphatic carbocycles. The van der Waals surface area contributed by atoms with Crippen LogP contribution in [0.3, 0.4) is 0 Å². The van der Waals surface area contributed by atoms with Crippen LogP contribution in [-0.4, -0.2) is 30.9 Å². The van der Waals surface area contributed by atoms with Gasteiger partial charge in [-0.15, -0.1) is 0 Å². The molecule has 142 valence electrons. The van der Waals surface area contributed by atoms with Crippen LogP contribution in [0.1, 0.15) is 31.4 Å². The lowest BCUT2D eigenvalue weighted by Gasteiger charge is -2.32. The molecule has 0 aromatic heterocycles. The number of carbonyl (C=O) groups excluding carboxylic acids is 2. The van der Waals surface area contributed by atoms with Gasteiger partial charge >= 0.3 is 0 Å². The molecule has 5 heteroatoms. The molecule has 0 saturated carbocycles. The van der Waals surface area contributed by atoms with Gasteiger partial charge < -0.3 is 15.1 Å². The van der Waals surface area contributed by atoms with E-state index < -0.39 is 0 Å². The third-order valence-electron chi connectivity index (χ3n) is 5.03. The highest BCUT2D eigenvalue weighted by molar-refractivity contribution is 6.05. The van der Waals surface area contributed by atoms with Crippen LogP contribution in [0, 0.1) is 13.8 Å². The molecule has 0 radical (unpaired) electrons. The average molecular weight is 365 g/mol. The number of amides is 2. The number of carbonyl (C=O) groups is 2. The lowest BCUT2D eigenvalue weighted by atomic mass is 10.1. The first-order valence-corrected chi connectivity index (χ1v) is 9.43. The second-order valence-corrected chi connectivity index (χ2v) is 7.19. The van der Waals surface area contributed by atoms with Crippen molar-refractivity contribution in [1.82, 2.24) is 0 Å². The summed E-state index contributed by atoms with van der Waals surface area (Å²) >= 11 is 0. The van der Waals surface area contributed by atoms with E-state index >= 15 is 0 Å². The zero-order valence-corrected chi connectivity index (χ0v) is 16.5. The standard InChI is InChI=1S/C22H27N3O2/c1-5-24(19-11-10-15(2)12-16(19)3)14-22(27)25-17(4)13-21(26)23-18-8-6-7-9-20(18)25/h6-12,17H,5,13-14H2,1-4H3,(H,23,26). The fourth-order valence-corrected chi connectivity index (χ4v) is 3.73. The molecule has 27 heavy (non-hydrogen) atoms. The van der Waals surface area contributed by atoms with Crippen molar-refractivity contribution in [2.45, 2.75) is 40.2 Å². The molecule has 2 aromatic carbocycles. The number of rotatable bonds is 4. The van der Waals surface area contributed by atoms with Crippen molar-refractivity contribution in [2.24, 2.45) is 0 Å². The van der Waals surface area contributed by atoms with Gasteiger partial charge in [0.25, 0.3) is 0 Å². The second-order valence-electron chi connectivity index (χ2n) is 7.19. The summed E-state index contributed by atoms with van der Waals surface area (Å²) in [7, 11) is 0. The van der Waals surface area contributed by atoms with Crippen LogP contribution >= 0.6 is 0 Å². The molecule has 0 spiro atoms. The summed E-state index contributed by atoms with van der Waals surface area (Å²) in [4.78, 5) is 29.3. The van der Waals surface area contributed by atoms with Crippen molar-refractivity contribution in [1.29, 1.82) is 0 Å². The number of hydrogen-bond acceptors (Lipinski definition) is 3. The van der Waals surface area contributed by atoms with E-state index in [-0.39, 0.29) is 30.8 Å². The largest absolute Gasteiger partial charge is 0.362 e. The Morgan fingerprint density at radius 1 is 1.22 bits per heavy atom. The van der Waals surface area contributed by atoms with Crippen LogP contribution in [0.15, 0.2) is 42.5 Å². The van der Waals surface area contributed by atoms with Crippen molar-refractivity contribution in [3.63, 3.8) is 0 Å². The molecule has 2 amide bonds. The predicted molar refractivity (Wildman–Crippen MR) is 110 cm³/mol. The van der Waals surface area contributed by atoms with Gasteiger partial charge in [-0.2, -0.15) is 0 Å². The van der Waals surface area contributed by atoms with Crippen molar-refractivity contribution in [2.75, 3.05) is 28.2 Å². The Morgan fingerprint density at radius 2 is 1.96 bits per heavy atom. The minimum absolute atomic E-state index is 0.00623. The fourth-order valence-electron chi connectivity index (χ4n) is 3.73. The van der Waals surface area contributed by atoms with E-state index in [0.29, 0.717) is 5.69 Å². The first kappa shape index (κ1) is 19.0. The third kappa shape index (κ3) is 3.97. The van der Waals surface area contributed by atoms with Crippen molar-refractivity contribution < 1.29 is 9.59 Å². The highest BCUT2D eigenvalue weighted by Crippen LogP contribution is 2.31. The number of nitrogens with zero attached hydrogens (tertiary/aromatic N) is 2. The highest BCUT2D eigenvalue weighted by atomic mass is 16.2. The molecule has 0 saturated heterocycles. The number of nitrogens with one attached hydrogen (secondary N) is 1. The van der Waals surface area contributed by atoms with Gasteiger partial charge in [-0.1, -0.05) is 29.8 Å². The number of para-hydroxylation sites is 2. The first-order valence-electron chi connectivity index (χ1n) is 9.43. The zero-order chi connectivity index (χ0) is 19.6. The van der Waals surface area contributed by atoms with Crippen molar-refractivity contribution in [3.05, 3.63) is 53.6 Å². The Labute approximate surface area is 161 Å². The van der Waals surface area contributed by atoms with E-state index in [1.807, 2.05) is 31.2 Å².